The molecule has 0 saturated carbocycles. The Bertz CT molecular complexity index is 408. The number of ether oxygens (including phenoxy) is 1. The smallest absolute Gasteiger partial charge is 0.238 e. The number of nitrogens with one attached hydrogen (secondary N) is 2. The molecule has 0 aliphatic carbocycles. The van der Waals surface area contributed by atoms with Gasteiger partial charge in [0, 0.05) is 22.8 Å². The van der Waals surface area contributed by atoms with E-state index in [1.165, 1.54) is 0 Å². The summed E-state index contributed by atoms with van der Waals surface area (Å²) in [5.41, 5.74) is 0.806. The third-order valence-electron chi connectivity index (χ3n) is 3.03. The minimum absolute atomic E-state index is 0.0311. The van der Waals surface area contributed by atoms with Crippen molar-refractivity contribution in [2.75, 3.05) is 18.5 Å². The Balaban J connectivity index is 1.76. The Labute approximate surface area is 115 Å². The first-order valence-electron chi connectivity index (χ1n) is 6.05. The first-order chi connectivity index (χ1) is 8.65. The number of benzene rings is 1. The molecule has 18 heavy (non-hydrogen) atoms. The van der Waals surface area contributed by atoms with Crippen molar-refractivity contribution < 1.29 is 9.53 Å². The van der Waals surface area contributed by atoms with Crippen molar-refractivity contribution in [3.05, 3.63) is 28.7 Å². The van der Waals surface area contributed by atoms with Gasteiger partial charge < -0.3 is 15.4 Å². The lowest BCUT2D eigenvalue weighted by Gasteiger charge is -2.15. The van der Waals surface area contributed by atoms with Crippen molar-refractivity contribution >= 4 is 27.5 Å². The Morgan fingerprint density at radius 3 is 2.78 bits per heavy atom. The molecule has 2 rings (SSSR count). The molecule has 1 heterocycles. The van der Waals surface area contributed by atoms with E-state index >= 15 is 0 Å². The molecule has 0 spiro atoms. The highest BCUT2D eigenvalue weighted by atomic mass is 79.9. The van der Waals surface area contributed by atoms with E-state index in [9.17, 15) is 4.79 Å². The molecule has 1 aliphatic heterocycles. The zero-order valence-electron chi connectivity index (χ0n) is 10.3. The molecule has 1 amide bonds. The normalized spacial score (nSPS) is 23.0. The van der Waals surface area contributed by atoms with Crippen LogP contribution in [-0.2, 0) is 9.53 Å². The van der Waals surface area contributed by atoms with E-state index in [0.717, 1.165) is 23.2 Å². The Morgan fingerprint density at radius 1 is 1.44 bits per heavy atom. The third kappa shape index (κ3) is 3.80. The van der Waals surface area contributed by atoms with Gasteiger partial charge in [-0.05, 0) is 37.6 Å². The van der Waals surface area contributed by atoms with Crippen LogP contribution in [0.2, 0.25) is 0 Å². The van der Waals surface area contributed by atoms with Crippen molar-refractivity contribution in [1.29, 1.82) is 0 Å². The van der Waals surface area contributed by atoms with Crippen LogP contribution in [0.15, 0.2) is 28.7 Å². The Morgan fingerprint density at radius 2 is 2.17 bits per heavy atom. The average molecular weight is 313 g/mol. The summed E-state index contributed by atoms with van der Waals surface area (Å²) in [6, 6.07) is 7.80. The summed E-state index contributed by atoms with van der Waals surface area (Å²) >= 11 is 3.35. The minimum Gasteiger partial charge on any atom is -0.377 e. The van der Waals surface area contributed by atoms with E-state index < -0.39 is 0 Å². The first-order valence-corrected chi connectivity index (χ1v) is 6.85. The van der Waals surface area contributed by atoms with Gasteiger partial charge in [0.2, 0.25) is 5.91 Å². The van der Waals surface area contributed by atoms with Gasteiger partial charge in [0.1, 0.15) is 0 Å². The predicted molar refractivity (Wildman–Crippen MR) is 74.6 cm³/mol. The maximum atomic E-state index is 11.7. The zero-order chi connectivity index (χ0) is 13.0. The van der Waals surface area contributed by atoms with Crippen LogP contribution < -0.4 is 10.6 Å². The van der Waals surface area contributed by atoms with Crippen LogP contribution >= 0.6 is 15.9 Å². The average Bonchev–Trinajstić information content (AvgIpc) is 2.75. The minimum atomic E-state index is -0.0311. The molecule has 1 saturated heterocycles. The van der Waals surface area contributed by atoms with Gasteiger partial charge in [0.15, 0.2) is 0 Å². The third-order valence-corrected chi connectivity index (χ3v) is 3.56. The van der Waals surface area contributed by atoms with Gasteiger partial charge in [-0.1, -0.05) is 15.9 Å². The number of hydrogen-bond acceptors (Lipinski definition) is 3. The van der Waals surface area contributed by atoms with Crippen LogP contribution in [0.4, 0.5) is 5.69 Å². The first kappa shape index (κ1) is 13.5. The van der Waals surface area contributed by atoms with Crippen LogP contribution in [0.3, 0.4) is 0 Å². The summed E-state index contributed by atoms with van der Waals surface area (Å²) < 4.78 is 6.43. The summed E-state index contributed by atoms with van der Waals surface area (Å²) in [6.07, 6.45) is 1.15. The highest BCUT2D eigenvalue weighted by Gasteiger charge is 2.23. The predicted octanol–water partition coefficient (Wildman–Crippen LogP) is 2.15. The number of rotatable bonds is 4. The molecule has 0 radical (unpaired) electrons. The van der Waals surface area contributed by atoms with Crippen LogP contribution in [0.5, 0.6) is 0 Å². The molecular weight excluding hydrogens is 296 g/mol. The van der Waals surface area contributed by atoms with Crippen LogP contribution in [-0.4, -0.2) is 31.2 Å². The van der Waals surface area contributed by atoms with Crippen molar-refractivity contribution in [3.63, 3.8) is 0 Å². The van der Waals surface area contributed by atoms with Crippen LogP contribution in [0.25, 0.3) is 0 Å². The van der Waals surface area contributed by atoms with Gasteiger partial charge in [-0.3, -0.25) is 4.79 Å². The number of carbonyl (C=O) groups excluding carboxylic acids is 1. The molecule has 1 aliphatic rings. The summed E-state index contributed by atoms with van der Waals surface area (Å²) in [5.74, 6) is -0.0311. The van der Waals surface area contributed by atoms with Crippen molar-refractivity contribution in [2.45, 2.75) is 25.5 Å². The standard InChI is InChI=1S/C13H17BrN2O2/c1-9-12(6-7-18-9)15-8-13(17)16-11-4-2-10(14)3-5-11/h2-5,9,12,15H,6-8H2,1H3,(H,16,17). The summed E-state index contributed by atoms with van der Waals surface area (Å²) in [5, 5.41) is 6.06. The van der Waals surface area contributed by atoms with E-state index in [4.69, 9.17) is 4.74 Å². The van der Waals surface area contributed by atoms with Gasteiger partial charge in [-0.15, -0.1) is 0 Å². The van der Waals surface area contributed by atoms with Gasteiger partial charge in [-0.25, -0.2) is 0 Å². The SMILES string of the molecule is CC1OCCC1NCC(=O)Nc1ccc(Br)cc1. The number of anilines is 1. The molecule has 2 unspecified atom stereocenters. The largest absolute Gasteiger partial charge is 0.377 e. The van der Waals surface area contributed by atoms with E-state index in [1.54, 1.807) is 0 Å². The molecule has 1 fully saturated rings. The molecule has 0 bridgehead atoms. The summed E-state index contributed by atoms with van der Waals surface area (Å²) in [6.45, 7) is 3.11. The second-order valence-corrected chi connectivity index (χ2v) is 5.32. The van der Waals surface area contributed by atoms with Gasteiger partial charge in [0.05, 0.1) is 12.6 Å². The molecule has 1 aromatic rings. The fraction of sp³-hybridized carbons (Fsp3) is 0.462. The monoisotopic (exact) mass is 312 g/mol. The molecule has 2 atom stereocenters. The number of hydrogen-bond donors (Lipinski definition) is 2. The molecule has 0 aromatic heterocycles. The number of amides is 1. The van der Waals surface area contributed by atoms with E-state index in [1.807, 2.05) is 31.2 Å². The molecule has 4 nitrogen and oxygen atoms in total. The lowest BCUT2D eigenvalue weighted by atomic mass is 10.1. The Hall–Kier alpha value is -0.910. The molecule has 98 valence electrons. The van der Waals surface area contributed by atoms with Gasteiger partial charge >= 0.3 is 0 Å². The number of carbonyl (C=O) groups is 1. The maximum absolute atomic E-state index is 11.7. The topological polar surface area (TPSA) is 50.4 Å². The van der Waals surface area contributed by atoms with Crippen molar-refractivity contribution in [1.82, 2.24) is 5.32 Å². The van der Waals surface area contributed by atoms with Crippen LogP contribution in [0, 0.1) is 0 Å². The Kier molecular flexibility index (Phi) is 4.74. The molecular formula is C13H17BrN2O2. The van der Waals surface area contributed by atoms with E-state index in [0.29, 0.717) is 6.54 Å². The fourth-order valence-electron chi connectivity index (χ4n) is 1.96. The highest BCUT2D eigenvalue weighted by molar-refractivity contribution is 9.10. The second-order valence-electron chi connectivity index (χ2n) is 4.41. The van der Waals surface area contributed by atoms with Crippen molar-refractivity contribution in [2.24, 2.45) is 0 Å². The summed E-state index contributed by atoms with van der Waals surface area (Å²) in [7, 11) is 0. The fourth-order valence-corrected chi connectivity index (χ4v) is 2.23. The van der Waals surface area contributed by atoms with E-state index in [-0.39, 0.29) is 18.1 Å². The molecule has 1 aromatic carbocycles. The summed E-state index contributed by atoms with van der Waals surface area (Å²) in [4.78, 5) is 11.7. The quantitative estimate of drug-likeness (QED) is 0.895. The van der Waals surface area contributed by atoms with Gasteiger partial charge in [-0.2, -0.15) is 0 Å². The van der Waals surface area contributed by atoms with Gasteiger partial charge in [0.25, 0.3) is 0 Å². The lowest BCUT2D eigenvalue weighted by Crippen LogP contribution is -2.39. The zero-order valence-corrected chi connectivity index (χ0v) is 11.9. The number of halogens is 1. The molecule has 5 heteroatoms. The lowest BCUT2D eigenvalue weighted by molar-refractivity contribution is -0.115. The second kappa shape index (κ2) is 6.31. The van der Waals surface area contributed by atoms with E-state index in [2.05, 4.69) is 26.6 Å². The van der Waals surface area contributed by atoms with Crippen molar-refractivity contribution in [3.8, 4) is 0 Å². The van der Waals surface area contributed by atoms with Crippen LogP contribution in [0.1, 0.15) is 13.3 Å². The molecule has 2 N–H and O–H groups in total. The highest BCUT2D eigenvalue weighted by Crippen LogP contribution is 2.14. The maximum Gasteiger partial charge on any atom is 0.238 e.